The number of nitrogens with zero attached hydrogens (tertiary/aromatic N) is 1. The Labute approximate surface area is 145 Å². The zero-order valence-electron chi connectivity index (χ0n) is 13.5. The Morgan fingerprint density at radius 1 is 0.960 bits per heavy atom. The molecule has 4 nitrogen and oxygen atoms in total. The number of carbonyl (C=O) groups excluding carboxylic acids is 1. The molecule has 1 amide bonds. The number of primary amides is 1. The zero-order chi connectivity index (χ0) is 17.6. The summed E-state index contributed by atoms with van der Waals surface area (Å²) in [5.74, 6) is 0.584. The lowest BCUT2D eigenvalue weighted by molar-refractivity contribution is -0.118. The Morgan fingerprint density at radius 2 is 1.60 bits per heavy atom. The third-order valence-electron chi connectivity index (χ3n) is 3.63. The van der Waals surface area contributed by atoms with Crippen molar-refractivity contribution in [1.29, 1.82) is 0 Å². The molecule has 0 fully saturated rings. The molecule has 0 radical (unpaired) electrons. The second kappa shape index (κ2) is 7.57. The van der Waals surface area contributed by atoms with E-state index in [9.17, 15) is 9.18 Å². The summed E-state index contributed by atoms with van der Waals surface area (Å²) in [7, 11) is 0. The smallest absolute Gasteiger partial charge is 0.217 e. The predicted molar refractivity (Wildman–Crippen MR) is 93.7 cm³/mol. The maximum Gasteiger partial charge on any atom is 0.217 e. The minimum absolute atomic E-state index is 0.279. The summed E-state index contributed by atoms with van der Waals surface area (Å²) < 4.78 is 18.6. The van der Waals surface area contributed by atoms with E-state index in [1.807, 2.05) is 42.5 Å². The van der Waals surface area contributed by atoms with Crippen molar-refractivity contribution in [1.82, 2.24) is 4.98 Å². The normalized spacial score (nSPS) is 10.4. The molecule has 0 saturated carbocycles. The van der Waals surface area contributed by atoms with Crippen molar-refractivity contribution in [3.05, 3.63) is 78.2 Å². The molecule has 0 spiro atoms. The fraction of sp³-hybridized carbons (Fsp3) is 0.100. The highest BCUT2D eigenvalue weighted by Gasteiger charge is 2.04. The van der Waals surface area contributed by atoms with E-state index in [0.717, 1.165) is 17.0 Å². The van der Waals surface area contributed by atoms with Crippen LogP contribution in [0.5, 0.6) is 11.5 Å². The number of ether oxygens (including phenoxy) is 1. The molecule has 0 atom stereocenters. The van der Waals surface area contributed by atoms with Crippen molar-refractivity contribution < 1.29 is 13.9 Å². The highest BCUT2D eigenvalue weighted by Crippen LogP contribution is 2.25. The third kappa shape index (κ3) is 4.64. The second-order valence-electron chi connectivity index (χ2n) is 5.56. The molecule has 0 aliphatic heterocycles. The van der Waals surface area contributed by atoms with Gasteiger partial charge in [0.1, 0.15) is 17.3 Å². The first kappa shape index (κ1) is 16.6. The minimum atomic E-state index is -0.338. The van der Waals surface area contributed by atoms with Crippen LogP contribution in [0.1, 0.15) is 12.1 Å². The molecular formula is C20H17FN2O2. The first-order valence-electron chi connectivity index (χ1n) is 7.88. The molecule has 0 aliphatic rings. The van der Waals surface area contributed by atoms with Crippen LogP contribution in [0, 0.1) is 5.82 Å². The summed E-state index contributed by atoms with van der Waals surface area (Å²) in [6.45, 7) is 0. The van der Waals surface area contributed by atoms with Gasteiger partial charge < -0.3 is 10.5 Å². The van der Waals surface area contributed by atoms with E-state index < -0.39 is 0 Å². The monoisotopic (exact) mass is 336 g/mol. The van der Waals surface area contributed by atoms with Gasteiger partial charge in [0.05, 0.1) is 5.69 Å². The van der Waals surface area contributed by atoms with E-state index >= 15 is 0 Å². The van der Waals surface area contributed by atoms with Crippen molar-refractivity contribution in [2.75, 3.05) is 0 Å². The van der Waals surface area contributed by atoms with Crippen molar-refractivity contribution in [2.24, 2.45) is 5.73 Å². The number of rotatable bonds is 6. The molecule has 0 aliphatic carbocycles. The Balaban J connectivity index is 1.72. The molecule has 0 bridgehead atoms. The van der Waals surface area contributed by atoms with Crippen molar-refractivity contribution >= 4 is 5.91 Å². The van der Waals surface area contributed by atoms with Crippen LogP contribution in [0.3, 0.4) is 0 Å². The average molecular weight is 336 g/mol. The molecular weight excluding hydrogens is 319 g/mol. The molecule has 2 N–H and O–H groups in total. The molecule has 25 heavy (non-hydrogen) atoms. The molecule has 1 heterocycles. The highest BCUT2D eigenvalue weighted by molar-refractivity contribution is 5.74. The molecule has 3 aromatic rings. The first-order chi connectivity index (χ1) is 12.1. The van der Waals surface area contributed by atoms with Crippen LogP contribution in [0.25, 0.3) is 11.3 Å². The first-order valence-corrected chi connectivity index (χ1v) is 7.88. The van der Waals surface area contributed by atoms with Gasteiger partial charge in [-0.25, -0.2) is 4.39 Å². The number of nitrogens with two attached hydrogens (primary N) is 1. The maximum absolute atomic E-state index is 12.9. The Hall–Kier alpha value is -3.21. The third-order valence-corrected chi connectivity index (χ3v) is 3.63. The molecule has 5 heteroatoms. The molecule has 2 aromatic carbocycles. The Kier molecular flexibility index (Phi) is 5.04. The number of benzene rings is 2. The predicted octanol–water partition coefficient (Wildman–Crippen LogP) is 4.10. The van der Waals surface area contributed by atoms with E-state index in [2.05, 4.69) is 4.98 Å². The maximum atomic E-state index is 12.9. The Bertz CT molecular complexity index is 862. The summed E-state index contributed by atoms with van der Waals surface area (Å²) in [6.07, 6.45) is 0.801. The molecule has 1 aromatic heterocycles. The van der Waals surface area contributed by atoms with Gasteiger partial charge in [0, 0.05) is 17.7 Å². The fourth-order valence-electron chi connectivity index (χ4n) is 2.36. The van der Waals surface area contributed by atoms with Crippen LogP contribution < -0.4 is 10.5 Å². The highest BCUT2D eigenvalue weighted by atomic mass is 19.1. The summed E-state index contributed by atoms with van der Waals surface area (Å²) >= 11 is 0. The van der Waals surface area contributed by atoms with E-state index in [1.54, 1.807) is 12.1 Å². The molecule has 0 unspecified atom stereocenters. The van der Waals surface area contributed by atoms with Crippen LogP contribution in [-0.4, -0.2) is 10.9 Å². The second-order valence-corrected chi connectivity index (χ2v) is 5.56. The van der Waals surface area contributed by atoms with Gasteiger partial charge in [0.2, 0.25) is 5.91 Å². The number of halogens is 1. The van der Waals surface area contributed by atoms with Gasteiger partial charge in [-0.2, -0.15) is 0 Å². The van der Waals surface area contributed by atoms with Gasteiger partial charge in [-0.3, -0.25) is 9.78 Å². The van der Waals surface area contributed by atoms with Crippen molar-refractivity contribution in [3.8, 4) is 22.8 Å². The molecule has 3 rings (SSSR count). The van der Waals surface area contributed by atoms with Crippen LogP contribution >= 0.6 is 0 Å². The van der Waals surface area contributed by atoms with Gasteiger partial charge in [0.15, 0.2) is 0 Å². The topological polar surface area (TPSA) is 65.2 Å². The van der Waals surface area contributed by atoms with Crippen molar-refractivity contribution in [3.63, 3.8) is 0 Å². The summed E-state index contributed by atoms with van der Waals surface area (Å²) in [5, 5.41) is 0. The number of amides is 1. The number of hydrogen-bond acceptors (Lipinski definition) is 3. The number of aryl methyl sites for hydroxylation is 1. The minimum Gasteiger partial charge on any atom is -0.457 e. The fourth-order valence-corrected chi connectivity index (χ4v) is 2.36. The van der Waals surface area contributed by atoms with Crippen LogP contribution in [0.15, 0.2) is 66.7 Å². The largest absolute Gasteiger partial charge is 0.457 e. The van der Waals surface area contributed by atoms with Gasteiger partial charge >= 0.3 is 0 Å². The number of aromatic nitrogens is 1. The van der Waals surface area contributed by atoms with Gasteiger partial charge in [-0.15, -0.1) is 0 Å². The SMILES string of the molecule is NC(=O)CCc1cccc(-c2ccc(Oc3ccc(F)cc3)cc2)n1. The van der Waals surface area contributed by atoms with Gasteiger partial charge in [-0.05, 0) is 67.1 Å². The number of carbonyl (C=O) groups is 1. The lowest BCUT2D eigenvalue weighted by Gasteiger charge is -2.07. The zero-order valence-corrected chi connectivity index (χ0v) is 13.5. The van der Waals surface area contributed by atoms with E-state index in [4.69, 9.17) is 10.5 Å². The lowest BCUT2D eigenvalue weighted by atomic mass is 10.1. The summed E-state index contributed by atoms with van der Waals surface area (Å²) in [5.41, 5.74) is 7.75. The molecule has 0 saturated heterocycles. The van der Waals surface area contributed by atoms with E-state index in [0.29, 0.717) is 17.9 Å². The summed E-state index contributed by atoms with van der Waals surface area (Å²) in [4.78, 5) is 15.4. The quantitative estimate of drug-likeness (QED) is 0.737. The number of hydrogen-bond donors (Lipinski definition) is 1. The average Bonchev–Trinajstić information content (AvgIpc) is 2.63. The van der Waals surface area contributed by atoms with Crippen LogP contribution in [0.2, 0.25) is 0 Å². The van der Waals surface area contributed by atoms with Crippen molar-refractivity contribution in [2.45, 2.75) is 12.8 Å². The standard InChI is InChI=1S/C20H17FN2O2/c21-15-6-11-18(12-7-15)25-17-9-4-14(5-10-17)19-3-1-2-16(23-19)8-13-20(22)24/h1-7,9-12H,8,13H2,(H2,22,24). The van der Waals surface area contributed by atoms with E-state index in [-0.39, 0.29) is 18.1 Å². The summed E-state index contributed by atoms with van der Waals surface area (Å²) in [6, 6.07) is 19.0. The van der Waals surface area contributed by atoms with Gasteiger partial charge in [0.25, 0.3) is 0 Å². The molecule has 126 valence electrons. The van der Waals surface area contributed by atoms with Crippen LogP contribution in [0.4, 0.5) is 4.39 Å². The van der Waals surface area contributed by atoms with E-state index in [1.165, 1.54) is 12.1 Å². The van der Waals surface area contributed by atoms with Crippen LogP contribution in [-0.2, 0) is 11.2 Å². The lowest BCUT2D eigenvalue weighted by Crippen LogP contribution is -2.11. The van der Waals surface area contributed by atoms with Gasteiger partial charge in [-0.1, -0.05) is 6.07 Å². The number of pyridine rings is 1. The Morgan fingerprint density at radius 3 is 2.24 bits per heavy atom.